The normalized spacial score (nSPS) is 16.2. The topological polar surface area (TPSA) is 61.0 Å². The number of H-pyrrole nitrogens is 1. The predicted octanol–water partition coefficient (Wildman–Crippen LogP) is 2.43. The number of pyridine rings is 1. The minimum absolute atomic E-state index is 0.0528. The third-order valence-corrected chi connectivity index (χ3v) is 3.34. The monoisotopic (exact) mass is 258 g/mol. The van der Waals surface area contributed by atoms with E-state index in [1.165, 1.54) is 0 Å². The Hall–Kier alpha value is -2.04. The van der Waals surface area contributed by atoms with Crippen LogP contribution in [0, 0.1) is 0 Å². The zero-order valence-corrected chi connectivity index (χ0v) is 11.4. The van der Waals surface area contributed by atoms with E-state index >= 15 is 0 Å². The molecule has 0 bridgehead atoms. The van der Waals surface area contributed by atoms with Crippen molar-refractivity contribution in [2.75, 3.05) is 11.4 Å². The van der Waals surface area contributed by atoms with Crippen LogP contribution in [0.15, 0.2) is 18.3 Å². The van der Waals surface area contributed by atoms with E-state index in [9.17, 15) is 4.79 Å². The molecule has 0 saturated carbocycles. The van der Waals surface area contributed by atoms with E-state index in [1.807, 2.05) is 39.1 Å². The van der Waals surface area contributed by atoms with Gasteiger partial charge in [0.15, 0.2) is 0 Å². The first-order chi connectivity index (χ1) is 8.97. The van der Waals surface area contributed by atoms with Gasteiger partial charge in [-0.05, 0) is 32.9 Å². The number of aromatic amines is 1. The van der Waals surface area contributed by atoms with Gasteiger partial charge in [-0.25, -0.2) is 9.78 Å². The first-order valence-electron chi connectivity index (χ1n) is 6.52. The fourth-order valence-electron chi connectivity index (χ4n) is 2.53. The summed E-state index contributed by atoms with van der Waals surface area (Å²) >= 11 is 0. The van der Waals surface area contributed by atoms with E-state index in [-0.39, 0.29) is 11.6 Å². The van der Waals surface area contributed by atoms with Crippen molar-refractivity contribution in [2.45, 2.75) is 32.7 Å². The van der Waals surface area contributed by atoms with Gasteiger partial charge in [-0.2, -0.15) is 0 Å². The molecule has 0 radical (unpaired) electrons. The van der Waals surface area contributed by atoms with Gasteiger partial charge in [0.05, 0.1) is 11.4 Å². The Labute approximate surface area is 112 Å². The summed E-state index contributed by atoms with van der Waals surface area (Å²) in [5.41, 5.74) is 2.47. The number of urea groups is 1. The van der Waals surface area contributed by atoms with Crippen molar-refractivity contribution in [3.8, 4) is 0 Å². The van der Waals surface area contributed by atoms with Gasteiger partial charge in [0.25, 0.3) is 0 Å². The summed E-state index contributed by atoms with van der Waals surface area (Å²) in [5.74, 6) is 0. The molecule has 2 amide bonds. The second kappa shape index (κ2) is 3.98. The fourth-order valence-corrected chi connectivity index (χ4v) is 2.53. The number of fused-ring (bicyclic) bond motifs is 2. The molecule has 2 N–H and O–H groups in total. The van der Waals surface area contributed by atoms with E-state index in [4.69, 9.17) is 0 Å². The Morgan fingerprint density at radius 1 is 1.37 bits per heavy atom. The number of nitrogens with one attached hydrogen (secondary N) is 2. The highest BCUT2D eigenvalue weighted by Crippen LogP contribution is 2.31. The molecule has 0 fully saturated rings. The lowest BCUT2D eigenvalue weighted by Gasteiger charge is -2.35. The predicted molar refractivity (Wildman–Crippen MR) is 75.4 cm³/mol. The van der Waals surface area contributed by atoms with Crippen LogP contribution in [0.25, 0.3) is 11.0 Å². The summed E-state index contributed by atoms with van der Waals surface area (Å²) in [4.78, 5) is 21.8. The second-order valence-electron chi connectivity index (χ2n) is 5.86. The molecule has 0 saturated heterocycles. The smallest absolute Gasteiger partial charge is 0.322 e. The van der Waals surface area contributed by atoms with Crippen molar-refractivity contribution in [2.24, 2.45) is 0 Å². The third-order valence-electron chi connectivity index (χ3n) is 3.34. The number of aromatic nitrogens is 2. The molecule has 2 aromatic heterocycles. The van der Waals surface area contributed by atoms with Crippen LogP contribution in [0.2, 0.25) is 0 Å². The number of carbonyl (C=O) groups excluding carboxylic acids is 1. The zero-order valence-electron chi connectivity index (χ0n) is 11.4. The van der Waals surface area contributed by atoms with E-state index in [2.05, 4.69) is 15.3 Å². The molecule has 3 rings (SSSR count). The quantitative estimate of drug-likeness (QED) is 0.762. The molecular formula is C14H18N4O. The van der Waals surface area contributed by atoms with Crippen LogP contribution in [0.3, 0.4) is 0 Å². The number of amides is 2. The summed E-state index contributed by atoms with van der Waals surface area (Å²) in [7, 11) is 0. The van der Waals surface area contributed by atoms with Gasteiger partial charge < -0.3 is 10.3 Å². The molecule has 1 aliphatic rings. The number of hydrogen-bond donors (Lipinski definition) is 2. The highest BCUT2D eigenvalue weighted by atomic mass is 16.2. The van der Waals surface area contributed by atoms with Crippen LogP contribution in [-0.4, -0.2) is 28.1 Å². The Morgan fingerprint density at radius 2 is 2.16 bits per heavy atom. The van der Waals surface area contributed by atoms with Crippen molar-refractivity contribution >= 4 is 22.8 Å². The number of rotatable bonds is 0. The van der Waals surface area contributed by atoms with Gasteiger partial charge >= 0.3 is 6.03 Å². The summed E-state index contributed by atoms with van der Waals surface area (Å²) in [6, 6.07) is 3.97. The fraction of sp³-hybridized carbons (Fsp3) is 0.429. The van der Waals surface area contributed by atoms with Gasteiger partial charge in [-0.15, -0.1) is 0 Å². The highest BCUT2D eigenvalue weighted by molar-refractivity contribution is 5.96. The summed E-state index contributed by atoms with van der Waals surface area (Å²) < 4.78 is 0. The van der Waals surface area contributed by atoms with Crippen molar-refractivity contribution < 1.29 is 4.79 Å². The minimum atomic E-state index is -0.283. The first-order valence-corrected chi connectivity index (χ1v) is 6.52. The third kappa shape index (κ3) is 1.95. The molecule has 0 spiro atoms. The van der Waals surface area contributed by atoms with Crippen molar-refractivity contribution in [3.63, 3.8) is 0 Å². The van der Waals surface area contributed by atoms with Gasteiger partial charge in [0, 0.05) is 30.1 Å². The lowest BCUT2D eigenvalue weighted by Crippen LogP contribution is -2.50. The Morgan fingerprint density at radius 3 is 2.89 bits per heavy atom. The SMILES string of the molecule is CC(C)(C)N1C(=O)NCCc2nc3[nH]ccc3cc21. The molecule has 3 heterocycles. The highest BCUT2D eigenvalue weighted by Gasteiger charge is 2.32. The largest absolute Gasteiger partial charge is 0.346 e. The van der Waals surface area contributed by atoms with Crippen molar-refractivity contribution in [3.05, 3.63) is 24.0 Å². The molecular weight excluding hydrogens is 240 g/mol. The second-order valence-corrected chi connectivity index (χ2v) is 5.86. The first kappa shape index (κ1) is 12.0. The van der Waals surface area contributed by atoms with Crippen molar-refractivity contribution in [1.29, 1.82) is 0 Å². The van der Waals surface area contributed by atoms with Gasteiger partial charge in [-0.1, -0.05) is 0 Å². The van der Waals surface area contributed by atoms with Crippen LogP contribution in [-0.2, 0) is 6.42 Å². The van der Waals surface area contributed by atoms with Crippen LogP contribution < -0.4 is 10.2 Å². The molecule has 2 aromatic rings. The maximum atomic E-state index is 12.3. The number of carbonyl (C=O) groups is 1. The maximum Gasteiger partial charge on any atom is 0.322 e. The summed E-state index contributed by atoms with van der Waals surface area (Å²) in [6.07, 6.45) is 2.63. The van der Waals surface area contributed by atoms with Gasteiger partial charge in [0.2, 0.25) is 0 Å². The minimum Gasteiger partial charge on any atom is -0.346 e. The Kier molecular flexibility index (Phi) is 2.52. The number of nitrogens with zero attached hydrogens (tertiary/aromatic N) is 2. The van der Waals surface area contributed by atoms with Gasteiger partial charge in [-0.3, -0.25) is 4.90 Å². The van der Waals surface area contributed by atoms with Crippen LogP contribution in [0.1, 0.15) is 26.5 Å². The Balaban J connectivity index is 2.24. The molecule has 5 nitrogen and oxygen atoms in total. The zero-order chi connectivity index (χ0) is 13.6. The Bertz CT molecular complexity index is 638. The number of hydrogen-bond acceptors (Lipinski definition) is 2. The van der Waals surface area contributed by atoms with E-state index in [1.54, 1.807) is 4.90 Å². The molecule has 0 aliphatic carbocycles. The van der Waals surface area contributed by atoms with Crippen LogP contribution >= 0.6 is 0 Å². The van der Waals surface area contributed by atoms with E-state index in [0.717, 1.165) is 28.8 Å². The van der Waals surface area contributed by atoms with Gasteiger partial charge in [0.1, 0.15) is 5.65 Å². The lowest BCUT2D eigenvalue weighted by atomic mass is 10.0. The summed E-state index contributed by atoms with van der Waals surface area (Å²) in [5, 5.41) is 3.96. The van der Waals surface area contributed by atoms with Crippen molar-refractivity contribution in [1.82, 2.24) is 15.3 Å². The molecule has 1 aliphatic heterocycles. The number of anilines is 1. The molecule has 0 atom stereocenters. The molecule has 19 heavy (non-hydrogen) atoms. The standard InChI is InChI=1S/C14H18N4O/c1-14(2,3)18-11-8-9-4-6-15-12(9)17-10(11)5-7-16-13(18)19/h4,6,8H,5,7H2,1-3H3,(H,15,17)(H,16,19). The van der Waals surface area contributed by atoms with Crippen LogP contribution in [0.5, 0.6) is 0 Å². The molecule has 0 aromatic carbocycles. The summed E-state index contributed by atoms with van der Waals surface area (Å²) in [6.45, 7) is 6.71. The average Bonchev–Trinajstić information content (AvgIpc) is 2.67. The van der Waals surface area contributed by atoms with Crippen LogP contribution in [0.4, 0.5) is 10.5 Å². The lowest BCUT2D eigenvalue weighted by molar-refractivity contribution is 0.242. The molecule has 5 heteroatoms. The van der Waals surface area contributed by atoms with E-state index in [0.29, 0.717) is 6.54 Å². The average molecular weight is 258 g/mol. The molecule has 0 unspecified atom stereocenters. The maximum absolute atomic E-state index is 12.3. The van der Waals surface area contributed by atoms with E-state index < -0.39 is 0 Å². The molecule has 100 valence electrons.